The molecule has 2 heterocycles. The molecular weight excluding hydrogens is 186 g/mol. The van der Waals surface area contributed by atoms with Crippen LogP contribution in [0.15, 0.2) is 12.5 Å². The quantitative estimate of drug-likeness (QED) is 0.752. The fraction of sp³-hybridized carbons (Fsp3) is 0.583. The molecule has 1 aromatic heterocycles. The first kappa shape index (κ1) is 10.3. The summed E-state index contributed by atoms with van der Waals surface area (Å²) in [7, 11) is 0. The normalized spacial score (nSPS) is 19.9. The highest BCUT2D eigenvalue weighted by Gasteiger charge is 2.19. The first-order valence-electron chi connectivity index (χ1n) is 5.52. The number of hydrogen-bond donors (Lipinski definition) is 1. The highest BCUT2D eigenvalue weighted by atomic mass is 15.1. The molecule has 0 aromatic carbocycles. The Labute approximate surface area is 90.9 Å². The van der Waals surface area contributed by atoms with E-state index in [9.17, 15) is 0 Å². The molecule has 0 amide bonds. The van der Waals surface area contributed by atoms with Crippen molar-refractivity contribution in [3.05, 3.63) is 18.2 Å². The van der Waals surface area contributed by atoms with Crippen LogP contribution in [0.2, 0.25) is 0 Å². The van der Waals surface area contributed by atoms with E-state index in [0.717, 1.165) is 26.1 Å². The van der Waals surface area contributed by atoms with E-state index in [2.05, 4.69) is 26.7 Å². The molecule has 80 valence electrons. The summed E-state index contributed by atoms with van der Waals surface area (Å²) >= 11 is 0. The van der Waals surface area contributed by atoms with Crippen molar-refractivity contribution in [2.45, 2.75) is 32.2 Å². The maximum Gasteiger partial charge on any atom is 0.0948 e. The molecule has 1 aliphatic rings. The molecule has 0 aliphatic carbocycles. The Morgan fingerprint density at radius 1 is 1.67 bits per heavy atom. The summed E-state index contributed by atoms with van der Waals surface area (Å²) in [5.41, 5.74) is 1.36. The maximum atomic E-state index is 4.23. The molecule has 0 radical (unpaired) electrons. The van der Waals surface area contributed by atoms with Crippen molar-refractivity contribution >= 4 is 0 Å². The zero-order valence-corrected chi connectivity index (χ0v) is 9.16. The average Bonchev–Trinajstić information content (AvgIpc) is 2.87. The molecule has 0 bridgehead atoms. The van der Waals surface area contributed by atoms with Gasteiger partial charge in [-0.3, -0.25) is 0 Å². The minimum Gasteiger partial charge on any atom is -0.333 e. The summed E-state index contributed by atoms with van der Waals surface area (Å²) in [6, 6.07) is 0. The lowest BCUT2D eigenvalue weighted by atomic mass is 10.1. The molecule has 1 unspecified atom stereocenters. The van der Waals surface area contributed by atoms with Crippen LogP contribution in [-0.2, 0) is 6.54 Å². The molecule has 1 saturated heterocycles. The molecule has 3 nitrogen and oxygen atoms in total. The smallest absolute Gasteiger partial charge is 0.0948 e. The van der Waals surface area contributed by atoms with Gasteiger partial charge in [-0.25, -0.2) is 4.98 Å². The van der Waals surface area contributed by atoms with E-state index in [1.807, 2.05) is 19.4 Å². The van der Waals surface area contributed by atoms with Crippen LogP contribution >= 0.6 is 0 Å². The van der Waals surface area contributed by atoms with Crippen LogP contribution in [0.25, 0.3) is 0 Å². The third kappa shape index (κ3) is 2.40. The van der Waals surface area contributed by atoms with Crippen LogP contribution < -0.4 is 5.32 Å². The Bertz CT molecular complexity index is 364. The minimum absolute atomic E-state index is 0.641. The van der Waals surface area contributed by atoms with Crippen molar-refractivity contribution in [2.75, 3.05) is 13.1 Å². The van der Waals surface area contributed by atoms with E-state index in [0.29, 0.717) is 5.92 Å². The summed E-state index contributed by atoms with van der Waals surface area (Å²) in [4.78, 5) is 4.23. The van der Waals surface area contributed by atoms with Gasteiger partial charge in [-0.1, -0.05) is 0 Å². The Morgan fingerprint density at radius 2 is 2.60 bits per heavy atom. The topological polar surface area (TPSA) is 29.9 Å². The number of aromatic nitrogens is 2. The molecule has 1 N–H and O–H groups in total. The van der Waals surface area contributed by atoms with Gasteiger partial charge in [-0.15, -0.1) is 11.8 Å². The number of nitrogens with zero attached hydrogens (tertiary/aromatic N) is 2. The molecule has 1 atom stereocenters. The lowest BCUT2D eigenvalue weighted by Crippen LogP contribution is -2.11. The summed E-state index contributed by atoms with van der Waals surface area (Å²) in [5.74, 6) is 6.65. The maximum absolute atomic E-state index is 4.23. The predicted octanol–water partition coefficient (Wildman–Crippen LogP) is 1.37. The van der Waals surface area contributed by atoms with Gasteiger partial charge >= 0.3 is 0 Å². The second-order valence-electron chi connectivity index (χ2n) is 3.88. The monoisotopic (exact) mass is 203 g/mol. The van der Waals surface area contributed by atoms with Crippen LogP contribution in [0.1, 0.15) is 31.4 Å². The van der Waals surface area contributed by atoms with Crippen molar-refractivity contribution in [3.8, 4) is 11.8 Å². The Balaban J connectivity index is 2.02. The van der Waals surface area contributed by atoms with Gasteiger partial charge in [0.15, 0.2) is 0 Å². The Hall–Kier alpha value is -1.27. The predicted molar refractivity (Wildman–Crippen MR) is 60.5 cm³/mol. The standard InChI is InChI=1S/C12H17N3/c1-2-3-4-7-15-10-14-9-12(15)11-5-6-13-8-11/h9-11,13H,4-8H2,1H3. The number of aryl methyl sites for hydroxylation is 1. The van der Waals surface area contributed by atoms with Gasteiger partial charge in [0, 0.05) is 37.3 Å². The van der Waals surface area contributed by atoms with Crippen molar-refractivity contribution in [3.63, 3.8) is 0 Å². The second kappa shape index (κ2) is 4.99. The van der Waals surface area contributed by atoms with Gasteiger partial charge in [0.05, 0.1) is 6.33 Å². The molecule has 15 heavy (non-hydrogen) atoms. The van der Waals surface area contributed by atoms with E-state index in [4.69, 9.17) is 0 Å². The summed E-state index contributed by atoms with van der Waals surface area (Å²) in [6.07, 6.45) is 6.06. The summed E-state index contributed by atoms with van der Waals surface area (Å²) < 4.78 is 2.24. The van der Waals surface area contributed by atoms with Gasteiger partial charge in [0.2, 0.25) is 0 Å². The molecule has 1 aromatic rings. The van der Waals surface area contributed by atoms with Gasteiger partial charge in [-0.05, 0) is 19.9 Å². The van der Waals surface area contributed by atoms with Gasteiger partial charge < -0.3 is 9.88 Å². The number of hydrogen-bond acceptors (Lipinski definition) is 2. The molecule has 0 saturated carbocycles. The van der Waals surface area contributed by atoms with Crippen molar-refractivity contribution in [2.24, 2.45) is 0 Å². The van der Waals surface area contributed by atoms with Crippen molar-refractivity contribution in [1.82, 2.24) is 14.9 Å². The minimum atomic E-state index is 0.641. The number of rotatable bonds is 3. The molecule has 1 fully saturated rings. The van der Waals surface area contributed by atoms with E-state index in [1.165, 1.54) is 12.1 Å². The average molecular weight is 203 g/mol. The van der Waals surface area contributed by atoms with E-state index in [1.54, 1.807) is 0 Å². The Morgan fingerprint density at radius 3 is 3.33 bits per heavy atom. The zero-order chi connectivity index (χ0) is 10.5. The largest absolute Gasteiger partial charge is 0.333 e. The molecule has 1 aliphatic heterocycles. The van der Waals surface area contributed by atoms with Gasteiger partial charge in [-0.2, -0.15) is 0 Å². The van der Waals surface area contributed by atoms with Crippen LogP contribution in [0.4, 0.5) is 0 Å². The van der Waals surface area contributed by atoms with Crippen LogP contribution in [0.3, 0.4) is 0 Å². The van der Waals surface area contributed by atoms with Crippen LogP contribution in [0.5, 0.6) is 0 Å². The molecule has 0 spiro atoms. The SMILES string of the molecule is CC#CCCn1cncc1C1CCNC1. The fourth-order valence-corrected chi connectivity index (χ4v) is 2.07. The second-order valence-corrected chi connectivity index (χ2v) is 3.88. The molecule has 2 rings (SSSR count). The zero-order valence-electron chi connectivity index (χ0n) is 9.16. The van der Waals surface area contributed by atoms with Crippen molar-refractivity contribution < 1.29 is 0 Å². The first-order chi connectivity index (χ1) is 7.42. The lowest BCUT2D eigenvalue weighted by Gasteiger charge is -2.11. The lowest BCUT2D eigenvalue weighted by molar-refractivity contribution is 0.622. The molecular formula is C12H17N3. The van der Waals surface area contributed by atoms with Gasteiger partial charge in [0.1, 0.15) is 0 Å². The third-order valence-electron chi connectivity index (χ3n) is 2.88. The number of imidazole rings is 1. The third-order valence-corrected chi connectivity index (χ3v) is 2.88. The Kier molecular flexibility index (Phi) is 3.41. The van der Waals surface area contributed by atoms with E-state index < -0.39 is 0 Å². The van der Waals surface area contributed by atoms with E-state index >= 15 is 0 Å². The highest BCUT2D eigenvalue weighted by molar-refractivity contribution is 5.09. The van der Waals surface area contributed by atoms with Gasteiger partial charge in [0.25, 0.3) is 0 Å². The first-order valence-corrected chi connectivity index (χ1v) is 5.52. The van der Waals surface area contributed by atoms with Crippen LogP contribution in [0, 0.1) is 11.8 Å². The summed E-state index contributed by atoms with van der Waals surface area (Å²) in [5, 5.41) is 3.39. The summed E-state index contributed by atoms with van der Waals surface area (Å²) in [6.45, 7) is 5.07. The van der Waals surface area contributed by atoms with Crippen molar-refractivity contribution in [1.29, 1.82) is 0 Å². The fourth-order valence-electron chi connectivity index (χ4n) is 2.07. The van der Waals surface area contributed by atoms with E-state index in [-0.39, 0.29) is 0 Å². The molecule has 3 heteroatoms. The number of nitrogens with one attached hydrogen (secondary N) is 1. The van der Waals surface area contributed by atoms with Crippen LogP contribution in [-0.4, -0.2) is 22.6 Å². The highest BCUT2D eigenvalue weighted by Crippen LogP contribution is 2.21.